The van der Waals surface area contributed by atoms with Gasteiger partial charge >= 0.3 is 0 Å². The average molecular weight is 257 g/mol. The molecule has 0 amide bonds. The minimum Gasteiger partial charge on any atom is -0.383 e. The molecule has 0 aromatic carbocycles. The summed E-state index contributed by atoms with van der Waals surface area (Å²) in [6.07, 6.45) is 0. The summed E-state index contributed by atoms with van der Waals surface area (Å²) in [6, 6.07) is 1.93. The van der Waals surface area contributed by atoms with Crippen LogP contribution in [0.25, 0.3) is 0 Å². The van der Waals surface area contributed by atoms with Gasteiger partial charge in [-0.1, -0.05) is 6.92 Å². The summed E-state index contributed by atoms with van der Waals surface area (Å²) in [7, 11) is -1.45. The zero-order chi connectivity index (χ0) is 13.1. The number of nitrogens with zero attached hydrogens (tertiary/aromatic N) is 3. The molecule has 0 saturated heterocycles. The van der Waals surface area contributed by atoms with E-state index >= 15 is 0 Å². The van der Waals surface area contributed by atoms with E-state index in [4.69, 9.17) is 11.0 Å². The lowest BCUT2D eigenvalue weighted by Gasteiger charge is -2.03. The molecule has 1 heterocycles. The van der Waals surface area contributed by atoms with Crippen molar-refractivity contribution < 1.29 is 8.42 Å². The van der Waals surface area contributed by atoms with Crippen molar-refractivity contribution in [3.05, 3.63) is 5.56 Å². The third kappa shape index (κ3) is 2.88. The van der Waals surface area contributed by atoms with E-state index in [-0.39, 0.29) is 29.4 Å². The molecule has 0 saturated carbocycles. The van der Waals surface area contributed by atoms with Crippen LogP contribution in [0.5, 0.6) is 0 Å². The van der Waals surface area contributed by atoms with Crippen LogP contribution in [-0.4, -0.2) is 36.8 Å². The number of sulfone groups is 1. The molecular formula is C9H15N5O2S. The van der Waals surface area contributed by atoms with Crippen LogP contribution in [0.2, 0.25) is 0 Å². The van der Waals surface area contributed by atoms with Gasteiger partial charge in [-0.05, 0) is 0 Å². The minimum atomic E-state index is -3.07. The maximum atomic E-state index is 11.4. The molecule has 3 N–H and O–H groups in total. The molecule has 0 aliphatic carbocycles. The molecule has 0 aliphatic heterocycles. The number of nitrogens with two attached hydrogens (primary N) is 1. The summed E-state index contributed by atoms with van der Waals surface area (Å²) in [6.45, 7) is 1.74. The Morgan fingerprint density at radius 3 is 2.65 bits per heavy atom. The lowest BCUT2D eigenvalue weighted by Crippen LogP contribution is -2.16. The van der Waals surface area contributed by atoms with Gasteiger partial charge in [-0.3, -0.25) is 0 Å². The van der Waals surface area contributed by atoms with Crippen molar-refractivity contribution in [1.29, 1.82) is 5.26 Å². The molecule has 0 fully saturated rings. The van der Waals surface area contributed by atoms with Gasteiger partial charge in [0.05, 0.1) is 12.3 Å². The average Bonchev–Trinajstić information content (AvgIpc) is 2.62. The predicted octanol–water partition coefficient (Wildman–Crippen LogP) is -0.187. The Balaban J connectivity index is 2.94. The highest BCUT2D eigenvalue weighted by Gasteiger charge is 2.16. The number of rotatable bonds is 5. The normalized spacial score (nSPS) is 11.1. The van der Waals surface area contributed by atoms with Crippen molar-refractivity contribution in [1.82, 2.24) is 9.78 Å². The summed E-state index contributed by atoms with van der Waals surface area (Å²) in [5.74, 6) is 0.587. The number of nitriles is 1. The van der Waals surface area contributed by atoms with Crippen molar-refractivity contribution in [2.24, 2.45) is 0 Å². The third-order valence-electron chi connectivity index (χ3n) is 2.39. The topological polar surface area (TPSA) is 114 Å². The van der Waals surface area contributed by atoms with Crippen LogP contribution < -0.4 is 11.1 Å². The van der Waals surface area contributed by atoms with Gasteiger partial charge in [0.1, 0.15) is 17.5 Å². The second-order valence-corrected chi connectivity index (χ2v) is 5.90. The maximum absolute atomic E-state index is 11.4. The first kappa shape index (κ1) is 13.3. The highest BCUT2D eigenvalue weighted by molar-refractivity contribution is 7.91. The van der Waals surface area contributed by atoms with E-state index in [2.05, 4.69) is 10.4 Å². The summed E-state index contributed by atoms with van der Waals surface area (Å²) in [4.78, 5) is 0. The van der Waals surface area contributed by atoms with Gasteiger partial charge in [0.15, 0.2) is 15.7 Å². The van der Waals surface area contributed by atoms with Crippen LogP contribution in [0.4, 0.5) is 11.6 Å². The van der Waals surface area contributed by atoms with Crippen LogP contribution >= 0.6 is 0 Å². The Bertz CT molecular complexity index is 540. The van der Waals surface area contributed by atoms with Crippen LogP contribution in [0.3, 0.4) is 0 Å². The van der Waals surface area contributed by atoms with E-state index in [1.54, 1.807) is 14.0 Å². The first-order valence-electron chi connectivity index (χ1n) is 5.09. The largest absolute Gasteiger partial charge is 0.383 e. The molecule has 0 aliphatic rings. The molecule has 8 heteroatoms. The van der Waals surface area contributed by atoms with E-state index in [0.29, 0.717) is 5.82 Å². The summed E-state index contributed by atoms with van der Waals surface area (Å²) >= 11 is 0. The number of hydrogen-bond acceptors (Lipinski definition) is 6. The summed E-state index contributed by atoms with van der Waals surface area (Å²) < 4.78 is 24.0. The number of hydrogen-bond donors (Lipinski definition) is 2. The fourth-order valence-corrected chi connectivity index (χ4v) is 2.04. The fourth-order valence-electron chi connectivity index (χ4n) is 1.30. The Labute approximate surface area is 100 Å². The minimum absolute atomic E-state index is 0.0383. The van der Waals surface area contributed by atoms with Gasteiger partial charge in [0.2, 0.25) is 0 Å². The molecule has 1 rings (SSSR count). The second-order valence-electron chi connectivity index (χ2n) is 3.43. The van der Waals surface area contributed by atoms with E-state index < -0.39 is 9.84 Å². The Morgan fingerprint density at radius 1 is 1.59 bits per heavy atom. The molecule has 0 unspecified atom stereocenters. The smallest absolute Gasteiger partial charge is 0.168 e. The molecule has 1 aromatic rings. The summed E-state index contributed by atoms with van der Waals surface area (Å²) in [5.41, 5.74) is 5.94. The van der Waals surface area contributed by atoms with Crippen LogP contribution in [-0.2, 0) is 16.4 Å². The Hall–Kier alpha value is -1.75. The molecular weight excluding hydrogens is 242 g/mol. The molecule has 0 radical (unpaired) electrons. The highest BCUT2D eigenvalue weighted by atomic mass is 32.2. The zero-order valence-corrected chi connectivity index (χ0v) is 10.6. The van der Waals surface area contributed by atoms with Crippen molar-refractivity contribution in [3.63, 3.8) is 0 Å². The maximum Gasteiger partial charge on any atom is 0.168 e. The van der Waals surface area contributed by atoms with Gasteiger partial charge in [-0.2, -0.15) is 10.4 Å². The van der Waals surface area contributed by atoms with Gasteiger partial charge in [0.25, 0.3) is 0 Å². The molecule has 17 heavy (non-hydrogen) atoms. The van der Waals surface area contributed by atoms with Gasteiger partial charge in [-0.15, -0.1) is 0 Å². The van der Waals surface area contributed by atoms with E-state index in [9.17, 15) is 8.42 Å². The number of aromatic nitrogens is 2. The fraction of sp³-hybridized carbons (Fsp3) is 0.556. The SMILES string of the molecule is CCS(=O)(=O)CCn1nc(NC)c(C#N)c1N. The van der Waals surface area contributed by atoms with Crippen molar-refractivity contribution >= 4 is 21.5 Å². The third-order valence-corrected chi connectivity index (χ3v) is 4.08. The van der Waals surface area contributed by atoms with Crippen molar-refractivity contribution in [2.75, 3.05) is 29.6 Å². The van der Waals surface area contributed by atoms with Gasteiger partial charge < -0.3 is 11.1 Å². The molecule has 94 valence electrons. The second kappa shape index (κ2) is 5.05. The molecule has 0 atom stereocenters. The quantitative estimate of drug-likeness (QED) is 0.756. The lowest BCUT2D eigenvalue weighted by atomic mass is 10.3. The van der Waals surface area contributed by atoms with E-state index in [1.165, 1.54) is 4.68 Å². The molecule has 1 aromatic heterocycles. The first-order valence-corrected chi connectivity index (χ1v) is 6.91. The predicted molar refractivity (Wildman–Crippen MR) is 65.2 cm³/mol. The lowest BCUT2D eigenvalue weighted by molar-refractivity contribution is 0.583. The van der Waals surface area contributed by atoms with Crippen LogP contribution in [0.15, 0.2) is 0 Å². The van der Waals surface area contributed by atoms with Gasteiger partial charge in [0, 0.05) is 12.8 Å². The summed E-state index contributed by atoms with van der Waals surface area (Å²) in [5, 5.41) is 15.6. The van der Waals surface area contributed by atoms with Crippen LogP contribution in [0.1, 0.15) is 12.5 Å². The van der Waals surface area contributed by atoms with E-state index in [1.807, 2.05) is 6.07 Å². The zero-order valence-electron chi connectivity index (χ0n) is 9.77. The first-order chi connectivity index (χ1) is 7.95. The number of anilines is 2. The molecule has 7 nitrogen and oxygen atoms in total. The van der Waals surface area contributed by atoms with Crippen molar-refractivity contribution in [3.8, 4) is 6.07 Å². The molecule has 0 spiro atoms. The molecule has 0 bridgehead atoms. The standard InChI is InChI=1S/C9H15N5O2S/c1-3-17(15,16)5-4-14-8(11)7(6-10)9(12-2)13-14/h3-5,11H2,1-2H3,(H,12,13). The number of nitrogens with one attached hydrogen (secondary N) is 1. The Kier molecular flexibility index (Phi) is 3.96. The van der Waals surface area contributed by atoms with E-state index in [0.717, 1.165) is 0 Å². The number of nitrogen functional groups attached to an aromatic ring is 1. The van der Waals surface area contributed by atoms with Crippen LogP contribution in [0, 0.1) is 11.3 Å². The number of aryl methyl sites for hydroxylation is 1. The van der Waals surface area contributed by atoms with Gasteiger partial charge in [-0.25, -0.2) is 13.1 Å². The monoisotopic (exact) mass is 257 g/mol. The highest BCUT2D eigenvalue weighted by Crippen LogP contribution is 2.19. The Morgan fingerprint density at radius 2 is 2.24 bits per heavy atom. The van der Waals surface area contributed by atoms with Crippen molar-refractivity contribution in [2.45, 2.75) is 13.5 Å².